The minimum absolute atomic E-state index is 0.115. The lowest BCUT2D eigenvalue weighted by Gasteiger charge is -2.28. The number of rotatable bonds is 4. The van der Waals surface area contributed by atoms with E-state index in [0.29, 0.717) is 11.6 Å². The first-order chi connectivity index (χ1) is 10.7. The van der Waals surface area contributed by atoms with Crippen LogP contribution < -0.4 is 5.32 Å². The number of aromatic nitrogens is 1. The molecule has 0 spiro atoms. The van der Waals surface area contributed by atoms with Crippen molar-refractivity contribution in [2.75, 3.05) is 0 Å². The molecule has 1 amide bonds. The van der Waals surface area contributed by atoms with Gasteiger partial charge >= 0.3 is 0 Å². The molecule has 1 aliphatic rings. The van der Waals surface area contributed by atoms with Crippen molar-refractivity contribution in [2.45, 2.75) is 37.6 Å². The lowest BCUT2D eigenvalue weighted by molar-refractivity contribution is -0.126. The highest BCUT2D eigenvalue weighted by Crippen LogP contribution is 2.41. The SMILES string of the molecule is O=C(NCc1ccncc1)C1(c2ccc(Cl)cc2)CCCC1. The van der Waals surface area contributed by atoms with Gasteiger partial charge in [-0.25, -0.2) is 0 Å². The van der Waals surface area contributed by atoms with Crippen molar-refractivity contribution in [1.82, 2.24) is 10.3 Å². The van der Waals surface area contributed by atoms with Crippen LogP contribution in [-0.4, -0.2) is 10.9 Å². The number of pyridine rings is 1. The van der Waals surface area contributed by atoms with E-state index in [1.807, 2.05) is 36.4 Å². The van der Waals surface area contributed by atoms with Crippen molar-refractivity contribution in [2.24, 2.45) is 0 Å². The Morgan fingerprint density at radius 2 is 1.73 bits per heavy atom. The summed E-state index contributed by atoms with van der Waals surface area (Å²) in [6.07, 6.45) is 7.46. The van der Waals surface area contributed by atoms with Gasteiger partial charge in [0.1, 0.15) is 0 Å². The zero-order chi connectivity index (χ0) is 15.4. The Bertz CT molecular complexity index is 634. The van der Waals surface area contributed by atoms with Crippen LogP contribution in [0.25, 0.3) is 0 Å². The van der Waals surface area contributed by atoms with Crippen molar-refractivity contribution >= 4 is 17.5 Å². The van der Waals surface area contributed by atoms with Gasteiger partial charge in [0.15, 0.2) is 0 Å². The number of halogens is 1. The van der Waals surface area contributed by atoms with Crippen molar-refractivity contribution in [3.63, 3.8) is 0 Å². The van der Waals surface area contributed by atoms with Crippen LogP contribution in [0.3, 0.4) is 0 Å². The summed E-state index contributed by atoms with van der Waals surface area (Å²) in [5.74, 6) is 0.115. The molecule has 1 aromatic heterocycles. The largest absolute Gasteiger partial charge is 0.351 e. The molecule has 0 radical (unpaired) electrons. The van der Waals surface area contributed by atoms with Crippen LogP contribution in [0.2, 0.25) is 5.02 Å². The monoisotopic (exact) mass is 314 g/mol. The van der Waals surface area contributed by atoms with Crippen molar-refractivity contribution < 1.29 is 4.79 Å². The molecule has 3 rings (SSSR count). The van der Waals surface area contributed by atoms with E-state index >= 15 is 0 Å². The molecule has 4 heteroatoms. The molecule has 1 heterocycles. The molecular weight excluding hydrogens is 296 g/mol. The van der Waals surface area contributed by atoms with E-state index in [2.05, 4.69) is 10.3 Å². The number of carbonyl (C=O) groups excluding carboxylic acids is 1. The quantitative estimate of drug-likeness (QED) is 0.931. The Kier molecular flexibility index (Phi) is 4.44. The maximum absolute atomic E-state index is 12.9. The molecule has 2 aromatic rings. The normalized spacial score (nSPS) is 16.4. The van der Waals surface area contributed by atoms with E-state index in [0.717, 1.165) is 36.8 Å². The Balaban J connectivity index is 1.78. The van der Waals surface area contributed by atoms with Crippen LogP contribution in [0.4, 0.5) is 0 Å². The van der Waals surface area contributed by atoms with E-state index in [1.54, 1.807) is 12.4 Å². The van der Waals surface area contributed by atoms with Crippen molar-refractivity contribution in [3.8, 4) is 0 Å². The van der Waals surface area contributed by atoms with Crippen LogP contribution >= 0.6 is 11.6 Å². The second-order valence-corrected chi connectivity index (χ2v) is 6.27. The number of nitrogens with zero attached hydrogens (tertiary/aromatic N) is 1. The van der Waals surface area contributed by atoms with Gasteiger partial charge in [0.25, 0.3) is 0 Å². The number of hydrogen-bond donors (Lipinski definition) is 1. The molecule has 1 aliphatic carbocycles. The average Bonchev–Trinajstić information content (AvgIpc) is 3.05. The number of amides is 1. The van der Waals surface area contributed by atoms with Crippen molar-refractivity contribution in [1.29, 1.82) is 0 Å². The Labute approximate surface area is 135 Å². The number of hydrogen-bond acceptors (Lipinski definition) is 2. The molecule has 0 atom stereocenters. The summed E-state index contributed by atoms with van der Waals surface area (Å²) in [6.45, 7) is 0.538. The highest BCUT2D eigenvalue weighted by Gasteiger charge is 2.42. The van der Waals surface area contributed by atoms with E-state index < -0.39 is 5.41 Å². The molecule has 0 aliphatic heterocycles. The molecule has 22 heavy (non-hydrogen) atoms. The first-order valence-electron chi connectivity index (χ1n) is 7.64. The molecule has 0 unspecified atom stereocenters. The second kappa shape index (κ2) is 6.49. The Morgan fingerprint density at radius 1 is 1.09 bits per heavy atom. The Hall–Kier alpha value is -1.87. The predicted octanol–water partition coefficient (Wildman–Crippen LogP) is 3.86. The van der Waals surface area contributed by atoms with Gasteiger partial charge in [-0.05, 0) is 48.2 Å². The van der Waals surface area contributed by atoms with Gasteiger partial charge in [0, 0.05) is 24.0 Å². The molecule has 3 nitrogen and oxygen atoms in total. The van der Waals surface area contributed by atoms with Crippen molar-refractivity contribution in [3.05, 3.63) is 64.9 Å². The third-order valence-electron chi connectivity index (χ3n) is 4.49. The van der Waals surface area contributed by atoms with Gasteiger partial charge in [0.05, 0.1) is 5.41 Å². The number of carbonyl (C=O) groups is 1. The molecule has 1 fully saturated rings. The minimum atomic E-state index is -0.405. The van der Waals surface area contributed by atoms with Crippen LogP contribution in [0, 0.1) is 0 Å². The summed E-state index contributed by atoms with van der Waals surface area (Å²) in [4.78, 5) is 16.9. The highest BCUT2D eigenvalue weighted by molar-refractivity contribution is 6.30. The van der Waals surface area contributed by atoms with E-state index in [9.17, 15) is 4.79 Å². The van der Waals surface area contributed by atoms with Gasteiger partial charge in [0.2, 0.25) is 5.91 Å². The van der Waals surface area contributed by atoms with Crippen LogP contribution in [0.5, 0.6) is 0 Å². The zero-order valence-corrected chi connectivity index (χ0v) is 13.1. The zero-order valence-electron chi connectivity index (χ0n) is 12.4. The first kappa shape index (κ1) is 15.0. The van der Waals surface area contributed by atoms with Gasteiger partial charge in [-0.15, -0.1) is 0 Å². The lowest BCUT2D eigenvalue weighted by atomic mass is 9.78. The molecular formula is C18H19ClN2O. The predicted molar refractivity (Wildman–Crippen MR) is 87.7 cm³/mol. The second-order valence-electron chi connectivity index (χ2n) is 5.83. The first-order valence-corrected chi connectivity index (χ1v) is 8.02. The van der Waals surface area contributed by atoms with E-state index in [4.69, 9.17) is 11.6 Å². The maximum Gasteiger partial charge on any atom is 0.230 e. The summed E-state index contributed by atoms with van der Waals surface area (Å²) in [7, 11) is 0. The highest BCUT2D eigenvalue weighted by atomic mass is 35.5. The molecule has 1 aromatic carbocycles. The van der Waals surface area contributed by atoms with Gasteiger partial charge in [-0.3, -0.25) is 9.78 Å². The molecule has 0 bridgehead atoms. The van der Waals surface area contributed by atoms with Crippen LogP contribution in [0.15, 0.2) is 48.8 Å². The fourth-order valence-corrected chi connectivity index (χ4v) is 3.37. The summed E-state index contributed by atoms with van der Waals surface area (Å²) in [5, 5.41) is 3.80. The standard InChI is InChI=1S/C18H19ClN2O/c19-16-5-3-15(4-6-16)18(9-1-2-10-18)17(22)21-13-14-7-11-20-12-8-14/h3-8,11-12H,1-2,9-10,13H2,(H,21,22). The molecule has 1 N–H and O–H groups in total. The minimum Gasteiger partial charge on any atom is -0.351 e. The molecule has 114 valence electrons. The fraction of sp³-hybridized carbons (Fsp3) is 0.333. The third kappa shape index (κ3) is 3.00. The maximum atomic E-state index is 12.9. The van der Waals surface area contributed by atoms with E-state index in [-0.39, 0.29) is 5.91 Å². The molecule has 0 saturated heterocycles. The number of benzene rings is 1. The lowest BCUT2D eigenvalue weighted by Crippen LogP contribution is -2.42. The topological polar surface area (TPSA) is 42.0 Å². The summed E-state index contributed by atoms with van der Waals surface area (Å²) in [5.41, 5.74) is 1.73. The van der Waals surface area contributed by atoms with Crippen LogP contribution in [-0.2, 0) is 16.8 Å². The third-order valence-corrected chi connectivity index (χ3v) is 4.74. The molecule has 1 saturated carbocycles. The van der Waals surface area contributed by atoms with Gasteiger partial charge < -0.3 is 5.32 Å². The Morgan fingerprint density at radius 3 is 2.36 bits per heavy atom. The summed E-state index contributed by atoms with van der Waals surface area (Å²) < 4.78 is 0. The average molecular weight is 315 g/mol. The van der Waals surface area contributed by atoms with Crippen LogP contribution in [0.1, 0.15) is 36.8 Å². The van der Waals surface area contributed by atoms with E-state index in [1.165, 1.54) is 0 Å². The van der Waals surface area contributed by atoms with Gasteiger partial charge in [-0.2, -0.15) is 0 Å². The van der Waals surface area contributed by atoms with Gasteiger partial charge in [-0.1, -0.05) is 36.6 Å². The fourth-order valence-electron chi connectivity index (χ4n) is 3.25. The summed E-state index contributed by atoms with van der Waals surface area (Å²) in [6, 6.07) is 11.5. The summed E-state index contributed by atoms with van der Waals surface area (Å²) >= 11 is 5.98. The number of nitrogens with one attached hydrogen (secondary N) is 1. The smallest absolute Gasteiger partial charge is 0.230 e.